The number of amides is 1. The molecule has 3 rings (SSSR count). The summed E-state index contributed by atoms with van der Waals surface area (Å²) >= 11 is 1.41. The van der Waals surface area contributed by atoms with E-state index < -0.39 is 11.9 Å². The molecule has 0 spiro atoms. The van der Waals surface area contributed by atoms with Gasteiger partial charge >= 0.3 is 6.18 Å². The average Bonchev–Trinajstić information content (AvgIpc) is 3.13. The molecular formula is C21H24F3N3O4S. The number of pyridine rings is 1. The Morgan fingerprint density at radius 1 is 1.28 bits per heavy atom. The van der Waals surface area contributed by atoms with Crippen LogP contribution < -0.4 is 15.8 Å². The summed E-state index contributed by atoms with van der Waals surface area (Å²) in [6.07, 6.45) is -2.91. The van der Waals surface area contributed by atoms with Crippen molar-refractivity contribution in [2.45, 2.75) is 19.7 Å². The molecule has 0 bridgehead atoms. The highest BCUT2D eigenvalue weighted by Crippen LogP contribution is 2.34. The summed E-state index contributed by atoms with van der Waals surface area (Å²) in [4.78, 5) is 27.0. The number of nitrogens with one attached hydrogen (secondary N) is 1. The number of rotatable bonds is 6. The number of hydrogen-bond acceptors (Lipinski definition) is 7. The summed E-state index contributed by atoms with van der Waals surface area (Å²) in [6.45, 7) is 1.36. The van der Waals surface area contributed by atoms with Crippen molar-refractivity contribution in [1.29, 1.82) is 0 Å². The fraction of sp³-hybridized carbons (Fsp3) is 0.286. The highest BCUT2D eigenvalue weighted by atomic mass is 32.1. The fourth-order valence-corrected chi connectivity index (χ4v) is 3.81. The van der Waals surface area contributed by atoms with Crippen LogP contribution in [0, 0.1) is 6.92 Å². The summed E-state index contributed by atoms with van der Waals surface area (Å²) in [5.41, 5.74) is 3.85. The molecule has 1 aromatic carbocycles. The topological polar surface area (TPSA) is 115 Å². The second-order valence-electron chi connectivity index (χ2n) is 5.87. The molecule has 11 heteroatoms. The van der Waals surface area contributed by atoms with Crippen molar-refractivity contribution in [2.24, 2.45) is 5.73 Å². The van der Waals surface area contributed by atoms with Crippen molar-refractivity contribution in [1.82, 2.24) is 10.3 Å². The van der Waals surface area contributed by atoms with Gasteiger partial charge in [0, 0.05) is 33.8 Å². The zero-order valence-corrected chi connectivity index (χ0v) is 18.5. The molecule has 7 nitrogen and oxygen atoms in total. The monoisotopic (exact) mass is 471 g/mol. The van der Waals surface area contributed by atoms with Gasteiger partial charge in [-0.25, -0.2) is 0 Å². The molecule has 0 aliphatic heterocycles. The number of benzene rings is 1. The van der Waals surface area contributed by atoms with Crippen LogP contribution in [0.4, 0.5) is 13.2 Å². The van der Waals surface area contributed by atoms with Crippen LogP contribution in [-0.4, -0.2) is 43.0 Å². The number of nitrogens with two attached hydrogens (primary N) is 1. The number of carbonyl (C=O) groups is 2. The number of halogens is 3. The van der Waals surface area contributed by atoms with Gasteiger partial charge in [0.25, 0.3) is 5.91 Å². The molecule has 2 heterocycles. The number of fused-ring (bicyclic) bond motifs is 1. The predicted octanol–water partition coefficient (Wildman–Crippen LogP) is 3.31. The van der Waals surface area contributed by atoms with Gasteiger partial charge in [0.1, 0.15) is 18.6 Å². The van der Waals surface area contributed by atoms with E-state index in [-0.39, 0.29) is 24.6 Å². The van der Waals surface area contributed by atoms with Gasteiger partial charge in [-0.3, -0.25) is 9.78 Å². The van der Waals surface area contributed by atoms with E-state index >= 15 is 0 Å². The van der Waals surface area contributed by atoms with Crippen LogP contribution in [-0.2, 0) is 17.6 Å². The Kier molecular flexibility index (Phi) is 10.8. The second-order valence-corrected chi connectivity index (χ2v) is 7.12. The molecule has 32 heavy (non-hydrogen) atoms. The number of alkyl halides is 3. The number of nitrogens with zero attached hydrogens (tertiary/aromatic N) is 1. The third-order valence-electron chi connectivity index (χ3n) is 3.96. The molecule has 0 saturated heterocycles. The van der Waals surface area contributed by atoms with Crippen molar-refractivity contribution >= 4 is 33.6 Å². The molecule has 0 aliphatic rings. The molecule has 0 radical (unpaired) electrons. The quantitative estimate of drug-likeness (QED) is 0.475. The average molecular weight is 472 g/mol. The molecule has 0 unspecified atom stereocenters. The number of carbonyl (C=O) groups excluding carboxylic acids is 2. The highest BCUT2D eigenvalue weighted by Gasteiger charge is 2.35. The maximum absolute atomic E-state index is 13.0. The van der Waals surface area contributed by atoms with Gasteiger partial charge in [0.05, 0.1) is 12.1 Å². The second kappa shape index (κ2) is 12.7. The minimum Gasteiger partial charge on any atom is -0.489 e. The third-order valence-corrected chi connectivity index (χ3v) is 5.05. The molecule has 1 amide bonds. The Morgan fingerprint density at radius 3 is 2.59 bits per heavy atom. The van der Waals surface area contributed by atoms with Crippen LogP contribution in [0.5, 0.6) is 5.75 Å². The molecule has 174 valence electrons. The zero-order chi connectivity index (χ0) is 24.3. The molecule has 0 fully saturated rings. The van der Waals surface area contributed by atoms with Crippen LogP contribution >= 0.6 is 11.3 Å². The Balaban J connectivity index is 0.00000121. The van der Waals surface area contributed by atoms with Crippen LogP contribution in [0.2, 0.25) is 0 Å². The van der Waals surface area contributed by atoms with E-state index in [1.807, 2.05) is 0 Å². The minimum atomic E-state index is -4.57. The number of aldehydes is 1. The summed E-state index contributed by atoms with van der Waals surface area (Å²) in [7, 11) is 2.50. The Labute approximate surface area is 187 Å². The number of aromatic nitrogens is 1. The van der Waals surface area contributed by atoms with Gasteiger partial charge in [0.15, 0.2) is 5.69 Å². The van der Waals surface area contributed by atoms with Crippen molar-refractivity contribution < 1.29 is 32.6 Å². The smallest absolute Gasteiger partial charge is 0.433 e. The Hall–Kier alpha value is -3.02. The number of aryl methyl sites for hydroxylation is 1. The summed E-state index contributed by atoms with van der Waals surface area (Å²) in [5.74, 6) is -0.0636. The van der Waals surface area contributed by atoms with Gasteiger partial charge in [-0.05, 0) is 38.2 Å². The van der Waals surface area contributed by atoms with Crippen LogP contribution in [0.25, 0.3) is 10.1 Å². The van der Waals surface area contributed by atoms with Crippen molar-refractivity contribution in [3.8, 4) is 5.75 Å². The van der Waals surface area contributed by atoms with E-state index in [0.717, 1.165) is 22.9 Å². The number of thiophene rings is 1. The largest absolute Gasteiger partial charge is 0.489 e. The van der Waals surface area contributed by atoms with E-state index in [4.69, 9.17) is 9.84 Å². The Morgan fingerprint density at radius 2 is 1.97 bits per heavy atom. The maximum Gasteiger partial charge on any atom is 0.433 e. The SMILES string of the molecule is CN.CO.Cc1sc2ccc(OCc3cccnc3C(F)(F)F)cc2c1C(=O)NCC=O. The normalized spacial score (nSPS) is 10.4. The zero-order valence-electron chi connectivity index (χ0n) is 17.7. The van der Waals surface area contributed by atoms with Gasteiger partial charge in [0.2, 0.25) is 0 Å². The first-order valence-electron chi connectivity index (χ1n) is 9.22. The Bertz CT molecular complexity index is 1040. The molecule has 0 atom stereocenters. The molecule has 2 aromatic heterocycles. The molecule has 0 aliphatic carbocycles. The number of hydrogen-bond donors (Lipinski definition) is 3. The highest BCUT2D eigenvalue weighted by molar-refractivity contribution is 7.19. The van der Waals surface area contributed by atoms with Crippen LogP contribution in [0.1, 0.15) is 26.5 Å². The predicted molar refractivity (Wildman–Crippen MR) is 117 cm³/mol. The van der Waals surface area contributed by atoms with E-state index in [0.29, 0.717) is 23.0 Å². The number of aliphatic hydroxyl groups is 1. The first-order chi connectivity index (χ1) is 15.3. The lowest BCUT2D eigenvalue weighted by molar-refractivity contribution is -0.142. The van der Waals surface area contributed by atoms with Gasteiger partial charge in [-0.2, -0.15) is 13.2 Å². The van der Waals surface area contributed by atoms with Crippen molar-refractivity contribution in [2.75, 3.05) is 20.7 Å². The first-order valence-corrected chi connectivity index (χ1v) is 10.0. The molecular weight excluding hydrogens is 447 g/mol. The summed E-state index contributed by atoms with van der Waals surface area (Å²) < 4.78 is 45.5. The lowest BCUT2D eigenvalue weighted by atomic mass is 10.1. The van der Waals surface area contributed by atoms with Crippen molar-refractivity contribution in [3.05, 3.63) is 58.2 Å². The molecule has 3 aromatic rings. The van der Waals surface area contributed by atoms with Gasteiger partial charge < -0.3 is 25.7 Å². The minimum absolute atomic E-state index is 0.0828. The maximum atomic E-state index is 13.0. The van der Waals surface area contributed by atoms with Gasteiger partial charge in [-0.15, -0.1) is 11.3 Å². The van der Waals surface area contributed by atoms with E-state index in [1.165, 1.54) is 30.5 Å². The number of aliphatic hydroxyl groups excluding tert-OH is 1. The third kappa shape index (κ3) is 6.74. The summed E-state index contributed by atoms with van der Waals surface area (Å²) in [6, 6.07) is 7.70. The van der Waals surface area contributed by atoms with Crippen molar-refractivity contribution in [3.63, 3.8) is 0 Å². The number of ether oxygens (including phenoxy) is 1. The van der Waals surface area contributed by atoms with E-state index in [9.17, 15) is 22.8 Å². The standard InChI is InChI=1S/C19H15F3N2O3S.CH5N.CH4O/c1-11-16(18(26)24-7-8-25)14-9-13(4-5-15(14)28-11)27-10-12-3-2-6-23-17(12)19(20,21)22;2*1-2/h2-6,8-9H,7,10H2,1H3,(H,24,26);2H2,1H3;2H,1H3. The fourth-order valence-electron chi connectivity index (χ4n) is 2.77. The van der Waals surface area contributed by atoms with Crippen LogP contribution in [0.15, 0.2) is 36.5 Å². The van der Waals surface area contributed by atoms with E-state index in [2.05, 4.69) is 16.0 Å². The van der Waals surface area contributed by atoms with Crippen LogP contribution in [0.3, 0.4) is 0 Å². The first kappa shape index (κ1) is 27.0. The van der Waals surface area contributed by atoms with Gasteiger partial charge in [-0.1, -0.05) is 6.07 Å². The summed E-state index contributed by atoms with van der Waals surface area (Å²) in [5, 5.41) is 10.1. The lowest BCUT2D eigenvalue weighted by Gasteiger charge is -2.12. The molecule has 0 saturated carbocycles. The molecule has 4 N–H and O–H groups in total. The van der Waals surface area contributed by atoms with E-state index in [1.54, 1.807) is 25.1 Å². The lowest BCUT2D eigenvalue weighted by Crippen LogP contribution is -2.25.